The van der Waals surface area contributed by atoms with Crippen LogP contribution in [0.3, 0.4) is 0 Å². The molecule has 1 unspecified atom stereocenters. The van der Waals surface area contributed by atoms with Crippen LogP contribution in [0, 0.1) is 16.0 Å². The van der Waals surface area contributed by atoms with Crippen LogP contribution >= 0.6 is 0 Å². The van der Waals surface area contributed by atoms with Crippen molar-refractivity contribution in [1.29, 1.82) is 0 Å². The lowest BCUT2D eigenvalue weighted by atomic mass is 10.1. The van der Waals surface area contributed by atoms with E-state index in [0.717, 1.165) is 31.6 Å². The standard InChI is InChI=1S/C14H18N2O3/c1-3-11-6-7-15(9-11)14-5-4-12(16(18)19)8-13(14)10(2)17/h4-5,8,11H,3,6-7,9H2,1-2H3. The molecule has 0 radical (unpaired) electrons. The van der Waals surface area contributed by atoms with Crippen molar-refractivity contribution in [2.45, 2.75) is 26.7 Å². The monoisotopic (exact) mass is 262 g/mol. The Hall–Kier alpha value is -1.91. The number of carbonyl (C=O) groups excluding carboxylic acids is 1. The minimum absolute atomic E-state index is 0.0276. The SMILES string of the molecule is CCC1CCN(c2ccc([N+](=O)[O-])cc2C(C)=O)C1. The summed E-state index contributed by atoms with van der Waals surface area (Å²) in [5, 5.41) is 10.8. The summed E-state index contributed by atoms with van der Waals surface area (Å²) in [5.74, 6) is 0.522. The maximum atomic E-state index is 11.7. The Kier molecular flexibility index (Phi) is 3.83. The molecule has 0 aromatic heterocycles. The van der Waals surface area contributed by atoms with Crippen molar-refractivity contribution in [3.05, 3.63) is 33.9 Å². The summed E-state index contributed by atoms with van der Waals surface area (Å²) in [6, 6.07) is 4.56. The van der Waals surface area contributed by atoms with E-state index in [2.05, 4.69) is 11.8 Å². The van der Waals surface area contributed by atoms with Crippen molar-refractivity contribution in [3.8, 4) is 0 Å². The lowest BCUT2D eigenvalue weighted by Crippen LogP contribution is -2.21. The highest BCUT2D eigenvalue weighted by molar-refractivity contribution is 6.00. The lowest BCUT2D eigenvalue weighted by Gasteiger charge is -2.21. The molecule has 5 nitrogen and oxygen atoms in total. The molecule has 0 saturated carbocycles. The molecule has 0 bridgehead atoms. The smallest absolute Gasteiger partial charge is 0.270 e. The number of anilines is 1. The van der Waals surface area contributed by atoms with Crippen LogP contribution in [0.4, 0.5) is 11.4 Å². The van der Waals surface area contributed by atoms with Gasteiger partial charge < -0.3 is 4.90 Å². The molecule has 1 fully saturated rings. The van der Waals surface area contributed by atoms with Gasteiger partial charge in [-0.05, 0) is 25.3 Å². The van der Waals surface area contributed by atoms with E-state index in [4.69, 9.17) is 0 Å². The number of benzene rings is 1. The van der Waals surface area contributed by atoms with Crippen molar-refractivity contribution in [2.75, 3.05) is 18.0 Å². The Morgan fingerprint density at radius 1 is 1.53 bits per heavy atom. The first kappa shape index (κ1) is 13.5. The molecule has 5 heteroatoms. The predicted molar refractivity (Wildman–Crippen MR) is 73.7 cm³/mol. The topological polar surface area (TPSA) is 63.4 Å². The van der Waals surface area contributed by atoms with Crippen molar-refractivity contribution in [3.63, 3.8) is 0 Å². The van der Waals surface area contributed by atoms with Crippen molar-refractivity contribution >= 4 is 17.2 Å². The van der Waals surface area contributed by atoms with Gasteiger partial charge >= 0.3 is 0 Å². The van der Waals surface area contributed by atoms with Gasteiger partial charge in [0.25, 0.3) is 5.69 Å². The summed E-state index contributed by atoms with van der Waals surface area (Å²) in [7, 11) is 0. The number of nitro benzene ring substituents is 1. The lowest BCUT2D eigenvalue weighted by molar-refractivity contribution is -0.384. The largest absolute Gasteiger partial charge is 0.371 e. The number of Topliss-reactive ketones (excluding diaryl/α,β-unsaturated/α-hetero) is 1. The highest BCUT2D eigenvalue weighted by Crippen LogP contribution is 2.31. The summed E-state index contributed by atoms with van der Waals surface area (Å²) in [5.41, 5.74) is 1.25. The molecular formula is C14H18N2O3. The molecule has 0 amide bonds. The van der Waals surface area contributed by atoms with Crippen LogP contribution in [0.2, 0.25) is 0 Å². The van der Waals surface area contributed by atoms with Crippen LogP contribution in [-0.4, -0.2) is 23.8 Å². The molecule has 1 aliphatic heterocycles. The third-order valence-electron chi connectivity index (χ3n) is 3.77. The van der Waals surface area contributed by atoms with Crippen LogP contribution in [0.25, 0.3) is 0 Å². The maximum Gasteiger partial charge on any atom is 0.270 e. The van der Waals surface area contributed by atoms with Crippen LogP contribution < -0.4 is 4.90 Å². The van der Waals surface area contributed by atoms with Gasteiger partial charge in [-0.2, -0.15) is 0 Å². The summed E-state index contributed by atoms with van der Waals surface area (Å²) in [4.78, 5) is 24.2. The molecule has 1 aromatic rings. The van der Waals surface area contributed by atoms with Gasteiger partial charge in [0.1, 0.15) is 0 Å². The van der Waals surface area contributed by atoms with E-state index in [0.29, 0.717) is 11.5 Å². The van der Waals surface area contributed by atoms with Gasteiger partial charge in [0.05, 0.1) is 4.92 Å². The Morgan fingerprint density at radius 3 is 2.79 bits per heavy atom. The molecule has 1 aliphatic rings. The van der Waals surface area contributed by atoms with Crippen LogP contribution in [0.1, 0.15) is 37.0 Å². The van der Waals surface area contributed by atoms with E-state index >= 15 is 0 Å². The Bertz CT molecular complexity index is 513. The number of nitro groups is 1. The Labute approximate surface area is 112 Å². The van der Waals surface area contributed by atoms with Crippen molar-refractivity contribution in [1.82, 2.24) is 0 Å². The van der Waals surface area contributed by atoms with Gasteiger partial charge in [0.2, 0.25) is 0 Å². The van der Waals surface area contributed by atoms with Crippen LogP contribution in [0.15, 0.2) is 18.2 Å². The summed E-state index contributed by atoms with van der Waals surface area (Å²) < 4.78 is 0. The second kappa shape index (κ2) is 5.38. The minimum Gasteiger partial charge on any atom is -0.371 e. The van der Waals surface area contributed by atoms with E-state index in [1.165, 1.54) is 19.1 Å². The first-order chi connectivity index (χ1) is 9.02. The third-order valence-corrected chi connectivity index (χ3v) is 3.77. The van der Waals surface area contributed by atoms with Gasteiger partial charge in [0.15, 0.2) is 5.78 Å². The molecule has 19 heavy (non-hydrogen) atoms. The normalized spacial score (nSPS) is 18.6. The number of ketones is 1. The van der Waals surface area contributed by atoms with E-state index < -0.39 is 4.92 Å². The fourth-order valence-corrected chi connectivity index (χ4v) is 2.58. The predicted octanol–water partition coefficient (Wildman–Crippen LogP) is 3.03. The fraction of sp³-hybridized carbons (Fsp3) is 0.500. The zero-order valence-corrected chi connectivity index (χ0v) is 11.3. The van der Waals surface area contributed by atoms with Gasteiger partial charge in [-0.15, -0.1) is 0 Å². The molecule has 1 heterocycles. The average molecular weight is 262 g/mol. The second-order valence-corrected chi connectivity index (χ2v) is 5.02. The molecule has 2 rings (SSSR count). The number of hydrogen-bond donors (Lipinski definition) is 0. The first-order valence-corrected chi connectivity index (χ1v) is 6.57. The molecule has 1 atom stereocenters. The fourth-order valence-electron chi connectivity index (χ4n) is 2.58. The highest BCUT2D eigenvalue weighted by atomic mass is 16.6. The van der Waals surface area contributed by atoms with Crippen LogP contribution in [-0.2, 0) is 0 Å². The van der Waals surface area contributed by atoms with Crippen molar-refractivity contribution < 1.29 is 9.72 Å². The van der Waals surface area contributed by atoms with Gasteiger partial charge in [-0.25, -0.2) is 0 Å². The molecule has 1 saturated heterocycles. The van der Waals surface area contributed by atoms with E-state index in [1.807, 2.05) is 0 Å². The Morgan fingerprint density at radius 2 is 2.26 bits per heavy atom. The maximum absolute atomic E-state index is 11.7. The molecule has 102 valence electrons. The number of nitrogens with zero attached hydrogens (tertiary/aromatic N) is 2. The molecule has 0 spiro atoms. The second-order valence-electron chi connectivity index (χ2n) is 5.02. The number of non-ortho nitro benzene ring substituents is 1. The zero-order valence-electron chi connectivity index (χ0n) is 11.3. The van der Waals surface area contributed by atoms with Crippen molar-refractivity contribution in [2.24, 2.45) is 5.92 Å². The first-order valence-electron chi connectivity index (χ1n) is 6.57. The Balaban J connectivity index is 2.35. The summed E-state index contributed by atoms with van der Waals surface area (Å²) in [6.45, 7) is 5.46. The number of rotatable bonds is 4. The molecule has 1 aromatic carbocycles. The van der Waals surface area contributed by atoms with Gasteiger partial charge in [-0.3, -0.25) is 14.9 Å². The minimum atomic E-state index is -0.463. The third kappa shape index (κ3) is 2.75. The summed E-state index contributed by atoms with van der Waals surface area (Å²) in [6.07, 6.45) is 2.24. The highest BCUT2D eigenvalue weighted by Gasteiger charge is 2.25. The zero-order chi connectivity index (χ0) is 14.0. The quantitative estimate of drug-likeness (QED) is 0.475. The van der Waals surface area contributed by atoms with E-state index in [1.54, 1.807) is 6.07 Å². The van der Waals surface area contributed by atoms with Gasteiger partial charge in [0, 0.05) is 36.5 Å². The molecular weight excluding hydrogens is 244 g/mol. The number of hydrogen-bond acceptors (Lipinski definition) is 4. The summed E-state index contributed by atoms with van der Waals surface area (Å²) >= 11 is 0. The molecule has 0 aliphatic carbocycles. The van der Waals surface area contributed by atoms with Crippen LogP contribution in [0.5, 0.6) is 0 Å². The average Bonchev–Trinajstić information content (AvgIpc) is 2.86. The van der Waals surface area contributed by atoms with Gasteiger partial charge in [-0.1, -0.05) is 13.3 Å². The number of carbonyl (C=O) groups is 1. The molecule has 0 N–H and O–H groups in total. The van der Waals surface area contributed by atoms with E-state index in [9.17, 15) is 14.9 Å². The van der Waals surface area contributed by atoms with E-state index in [-0.39, 0.29) is 11.5 Å².